The third kappa shape index (κ3) is 4.28. The van der Waals surface area contributed by atoms with E-state index in [4.69, 9.17) is 13.7 Å². The lowest BCUT2D eigenvalue weighted by Gasteiger charge is -2.24. The highest BCUT2D eigenvalue weighted by atomic mass is 28.5. The number of rotatable bonds is 4. The fraction of sp³-hybridized carbons (Fsp3) is 0.333. The first kappa shape index (κ1) is 10.8. The molecule has 0 fully saturated rings. The van der Waals surface area contributed by atoms with Crippen LogP contribution in [0.25, 0.3) is 0 Å². The van der Waals surface area contributed by atoms with E-state index in [2.05, 4.69) is 13.2 Å². The Bertz CT molecular complexity index is 147. The van der Waals surface area contributed by atoms with Crippen molar-refractivity contribution in [2.75, 3.05) is 0 Å². The molecule has 0 atom stereocenters. The first-order valence-corrected chi connectivity index (χ1v) is 8.11. The highest BCUT2D eigenvalue weighted by molar-refractivity contribution is 6.84. The van der Waals surface area contributed by atoms with E-state index in [-0.39, 0.29) is 0 Å². The van der Waals surface area contributed by atoms with Gasteiger partial charge >= 0.3 is 8.80 Å². The van der Waals surface area contributed by atoms with E-state index in [0.717, 1.165) is 5.70 Å². The first-order chi connectivity index (χ1) is 4.83. The summed E-state index contributed by atoms with van der Waals surface area (Å²) in [5.74, 6) is 0. The molecule has 0 bridgehead atoms. The van der Waals surface area contributed by atoms with Crippen LogP contribution in [0, 0.1) is 0 Å². The zero-order valence-electron chi connectivity index (χ0n) is 6.87. The Labute approximate surface area is 69.1 Å². The molecule has 0 unspecified atom stereocenters. The zero-order chi connectivity index (χ0) is 9.12. The molecule has 11 heavy (non-hydrogen) atoms. The van der Waals surface area contributed by atoms with E-state index in [1.165, 1.54) is 0 Å². The molecule has 2 N–H and O–H groups in total. The fourth-order valence-electron chi connectivity index (χ4n) is 0.470. The van der Waals surface area contributed by atoms with Gasteiger partial charge in [0.15, 0.2) is 0 Å². The summed E-state index contributed by atoms with van der Waals surface area (Å²) >= 11 is 0. The molecule has 3 nitrogen and oxygen atoms in total. The minimum absolute atomic E-state index is 1.07. The van der Waals surface area contributed by atoms with Gasteiger partial charge in [-0.1, -0.05) is 12.3 Å². The Hall–Kier alpha value is -0.206. The van der Waals surface area contributed by atoms with E-state index in [0.29, 0.717) is 0 Å². The molecule has 0 heterocycles. The molecule has 0 rings (SSSR count). The summed E-state index contributed by atoms with van der Waals surface area (Å²) in [6.45, 7) is 10.5. The van der Waals surface area contributed by atoms with Gasteiger partial charge in [-0.25, -0.2) is 0 Å². The van der Waals surface area contributed by atoms with Crippen LogP contribution < -0.4 is 0 Å². The topological polar surface area (TPSA) is 49.7 Å². The average molecular weight is 190 g/mol. The molecule has 0 radical (unpaired) electrons. The van der Waals surface area contributed by atoms with Gasteiger partial charge < -0.3 is 13.7 Å². The molecular formula is C6H14O3Si2. The van der Waals surface area contributed by atoms with E-state index in [9.17, 15) is 0 Å². The molecule has 5 heteroatoms. The van der Waals surface area contributed by atoms with Gasteiger partial charge in [0.1, 0.15) is 0 Å². The van der Waals surface area contributed by atoms with Crippen molar-refractivity contribution >= 4 is 17.1 Å². The zero-order valence-corrected chi connectivity index (χ0v) is 8.87. The lowest BCUT2D eigenvalue weighted by Crippen LogP contribution is -2.47. The Morgan fingerprint density at radius 3 is 1.91 bits per heavy atom. The van der Waals surface area contributed by atoms with Crippen LogP contribution in [0.1, 0.15) is 0 Å². The molecule has 0 aromatic rings. The Kier molecular flexibility index (Phi) is 3.40. The molecule has 0 aliphatic heterocycles. The second-order valence-corrected chi connectivity index (χ2v) is 8.93. The molecular weight excluding hydrogens is 176 g/mol. The van der Waals surface area contributed by atoms with Crippen molar-refractivity contribution in [3.8, 4) is 0 Å². The predicted molar refractivity (Wildman–Crippen MR) is 49.2 cm³/mol. The van der Waals surface area contributed by atoms with Crippen LogP contribution in [0.4, 0.5) is 0 Å². The third-order valence-electron chi connectivity index (χ3n) is 1.17. The second-order valence-electron chi connectivity index (χ2n) is 2.77. The largest absolute Gasteiger partial charge is 0.513 e. The Balaban J connectivity index is 4.23. The monoisotopic (exact) mass is 190 g/mol. The smallest absolute Gasteiger partial charge is 0.409 e. The summed E-state index contributed by atoms with van der Waals surface area (Å²) in [5, 5.41) is 0. The summed E-state index contributed by atoms with van der Waals surface area (Å²) in [6, 6.07) is 0. The van der Waals surface area contributed by atoms with Crippen molar-refractivity contribution in [2.24, 2.45) is 0 Å². The van der Waals surface area contributed by atoms with Gasteiger partial charge in [-0.05, 0) is 18.8 Å². The molecule has 0 saturated carbocycles. The molecule has 0 spiro atoms. The average Bonchev–Trinajstić information content (AvgIpc) is 1.86. The van der Waals surface area contributed by atoms with Crippen LogP contribution >= 0.6 is 0 Å². The van der Waals surface area contributed by atoms with Crippen molar-refractivity contribution in [1.82, 2.24) is 0 Å². The van der Waals surface area contributed by atoms with Crippen molar-refractivity contribution in [2.45, 2.75) is 13.1 Å². The quantitative estimate of drug-likeness (QED) is 0.638. The summed E-state index contributed by atoms with van der Waals surface area (Å²) in [6.07, 6.45) is 0. The van der Waals surface area contributed by atoms with E-state index >= 15 is 0 Å². The summed E-state index contributed by atoms with van der Waals surface area (Å²) < 4.78 is 5.08. The Morgan fingerprint density at radius 1 is 1.18 bits per heavy atom. The predicted octanol–water partition coefficient (Wildman–Crippen LogP) is 0.582. The van der Waals surface area contributed by atoms with Crippen LogP contribution in [0.5, 0.6) is 0 Å². The van der Waals surface area contributed by atoms with E-state index in [1.54, 1.807) is 5.70 Å². The fourth-order valence-corrected chi connectivity index (χ4v) is 4.23. The molecule has 0 aliphatic carbocycles. The number of hydrogen-bond donors (Lipinski definition) is 2. The van der Waals surface area contributed by atoms with Crippen molar-refractivity contribution in [1.29, 1.82) is 0 Å². The molecule has 64 valence electrons. The first-order valence-electron chi connectivity index (χ1n) is 3.25. The minimum Gasteiger partial charge on any atom is -0.409 e. The van der Waals surface area contributed by atoms with Gasteiger partial charge in [-0.15, -0.1) is 6.58 Å². The summed E-state index contributed by atoms with van der Waals surface area (Å²) in [5.41, 5.74) is 2.72. The maximum absolute atomic E-state index is 9.13. The van der Waals surface area contributed by atoms with Crippen LogP contribution in [-0.2, 0) is 4.12 Å². The van der Waals surface area contributed by atoms with E-state index in [1.807, 2.05) is 13.1 Å². The van der Waals surface area contributed by atoms with Crippen LogP contribution in [0.3, 0.4) is 0 Å². The van der Waals surface area contributed by atoms with Gasteiger partial charge in [0.25, 0.3) is 0 Å². The third-order valence-corrected chi connectivity index (χ3v) is 5.99. The van der Waals surface area contributed by atoms with Gasteiger partial charge in [-0.3, -0.25) is 0 Å². The lowest BCUT2D eigenvalue weighted by atomic mass is 11.3. The molecule has 0 aromatic carbocycles. The van der Waals surface area contributed by atoms with E-state index < -0.39 is 17.1 Å². The van der Waals surface area contributed by atoms with Crippen molar-refractivity contribution in [3.05, 3.63) is 24.6 Å². The minimum atomic E-state index is -3.58. The Morgan fingerprint density at radius 2 is 1.64 bits per heavy atom. The number of hydrogen-bond acceptors (Lipinski definition) is 3. The van der Waals surface area contributed by atoms with Crippen molar-refractivity contribution in [3.63, 3.8) is 0 Å². The van der Waals surface area contributed by atoms with Gasteiger partial charge in [0, 0.05) is 0 Å². The SMILES string of the molecule is C=C[Si](C)(C)O[Si](O)(O)C=C. The lowest BCUT2D eigenvalue weighted by molar-refractivity contribution is 0.257. The molecule has 0 aliphatic rings. The van der Waals surface area contributed by atoms with Crippen LogP contribution in [-0.4, -0.2) is 26.7 Å². The second kappa shape index (κ2) is 3.46. The summed E-state index contributed by atoms with van der Waals surface area (Å²) in [7, 11) is -5.66. The van der Waals surface area contributed by atoms with Crippen LogP contribution in [0.15, 0.2) is 24.6 Å². The standard InChI is InChI=1S/C6H14O3Si2/c1-5-10(3,4)9-11(7,8)6-2/h5-8H,1-2H2,3-4H3. The highest BCUT2D eigenvalue weighted by Gasteiger charge is 2.35. The van der Waals surface area contributed by atoms with Gasteiger partial charge in [0.2, 0.25) is 8.32 Å². The highest BCUT2D eigenvalue weighted by Crippen LogP contribution is 2.10. The normalized spacial score (nSPS) is 12.7. The maximum atomic E-state index is 9.13. The van der Waals surface area contributed by atoms with Gasteiger partial charge in [-0.2, -0.15) is 0 Å². The maximum Gasteiger partial charge on any atom is 0.513 e. The molecule has 0 aromatic heterocycles. The molecule has 0 amide bonds. The van der Waals surface area contributed by atoms with Crippen LogP contribution in [0.2, 0.25) is 13.1 Å². The molecule has 0 saturated heterocycles. The van der Waals surface area contributed by atoms with Crippen molar-refractivity contribution < 1.29 is 13.7 Å². The summed E-state index contributed by atoms with van der Waals surface area (Å²) in [4.78, 5) is 18.3. The van der Waals surface area contributed by atoms with Gasteiger partial charge in [0.05, 0.1) is 0 Å².